The first kappa shape index (κ1) is 24.9. The second kappa shape index (κ2) is 10.3. The smallest absolute Gasteiger partial charge is 0.231 e. The van der Waals surface area contributed by atoms with Crippen molar-refractivity contribution in [1.29, 1.82) is 0 Å². The van der Waals surface area contributed by atoms with Crippen molar-refractivity contribution in [1.82, 2.24) is 15.0 Å². The zero-order chi connectivity index (χ0) is 25.3. The molecule has 3 aliphatic rings. The summed E-state index contributed by atoms with van der Waals surface area (Å²) in [6.45, 7) is 4.50. The minimum atomic E-state index is -3.63. The van der Waals surface area contributed by atoms with Crippen molar-refractivity contribution in [2.45, 2.75) is 62.2 Å². The number of rotatable bonds is 6. The summed E-state index contributed by atoms with van der Waals surface area (Å²) in [6.07, 6.45) is 3.95. The molecule has 2 saturated heterocycles. The number of fused-ring (bicyclic) bond motifs is 1. The van der Waals surface area contributed by atoms with Gasteiger partial charge < -0.3 is 19.1 Å². The molecular formula is C25H32N4O6S. The molecule has 2 fully saturated rings. The van der Waals surface area contributed by atoms with E-state index in [1.807, 2.05) is 0 Å². The maximum Gasteiger partial charge on any atom is 0.231 e. The second-order valence-corrected chi connectivity index (χ2v) is 11.9. The molecule has 1 unspecified atom stereocenters. The number of anilines is 1. The third-order valence-electron chi connectivity index (χ3n) is 7.44. The minimum Gasteiger partial charge on any atom is -0.381 e. The summed E-state index contributed by atoms with van der Waals surface area (Å²) in [5.74, 6) is 0.972. The molecule has 2 amide bonds. The first-order chi connectivity index (χ1) is 17.3. The zero-order valence-electron chi connectivity index (χ0n) is 20.5. The number of hydrogen-bond donors (Lipinski definition) is 0. The molecule has 5 rings (SSSR count). The van der Waals surface area contributed by atoms with E-state index in [0.29, 0.717) is 51.0 Å². The average Bonchev–Trinajstić information content (AvgIpc) is 3.55. The molecular weight excluding hydrogens is 484 g/mol. The predicted octanol–water partition coefficient (Wildman–Crippen LogP) is 2.44. The van der Waals surface area contributed by atoms with E-state index in [1.165, 1.54) is 13.0 Å². The van der Waals surface area contributed by atoms with E-state index in [-0.39, 0.29) is 40.7 Å². The van der Waals surface area contributed by atoms with Crippen LogP contribution in [0.5, 0.6) is 0 Å². The molecule has 0 aliphatic carbocycles. The summed E-state index contributed by atoms with van der Waals surface area (Å²) >= 11 is 0. The lowest BCUT2D eigenvalue weighted by molar-refractivity contribution is -0.132. The van der Waals surface area contributed by atoms with E-state index in [4.69, 9.17) is 9.26 Å². The van der Waals surface area contributed by atoms with Crippen LogP contribution in [0.1, 0.15) is 68.1 Å². The molecule has 1 atom stereocenters. The van der Waals surface area contributed by atoms with Crippen molar-refractivity contribution in [3.63, 3.8) is 0 Å². The van der Waals surface area contributed by atoms with Gasteiger partial charge in [0.25, 0.3) is 0 Å². The van der Waals surface area contributed by atoms with Crippen molar-refractivity contribution in [3.8, 4) is 0 Å². The molecule has 1 aromatic heterocycles. The van der Waals surface area contributed by atoms with Gasteiger partial charge in [-0.3, -0.25) is 9.59 Å². The highest BCUT2D eigenvalue weighted by Crippen LogP contribution is 2.32. The standard InChI is InChI=1S/C25H32N4O6S/c1-17(30)29-11-6-19-15-21(4-5-22(19)29)36(32,33)14-9-23(31)28-10-2-3-20(16-28)25-26-24(27-35-25)18-7-12-34-13-8-18/h4-5,15,18,20H,2-3,6-14,16H2,1H3. The number of hydrogen-bond acceptors (Lipinski definition) is 8. The topological polar surface area (TPSA) is 123 Å². The van der Waals surface area contributed by atoms with E-state index < -0.39 is 9.84 Å². The number of amides is 2. The Hall–Kier alpha value is -2.79. The van der Waals surface area contributed by atoms with Crippen molar-refractivity contribution in [2.75, 3.05) is 43.5 Å². The fraction of sp³-hybridized carbons (Fsp3) is 0.600. The third-order valence-corrected chi connectivity index (χ3v) is 9.15. The summed E-state index contributed by atoms with van der Waals surface area (Å²) in [7, 11) is -3.63. The molecule has 4 heterocycles. The lowest BCUT2D eigenvalue weighted by atomic mass is 9.97. The number of sulfone groups is 1. The van der Waals surface area contributed by atoms with Crippen LogP contribution in [0.25, 0.3) is 0 Å². The van der Waals surface area contributed by atoms with Gasteiger partial charge in [-0.05, 0) is 55.9 Å². The summed E-state index contributed by atoms with van der Waals surface area (Å²) in [6, 6.07) is 4.86. The molecule has 0 spiro atoms. The minimum absolute atomic E-state index is 0.0404. The highest BCUT2D eigenvalue weighted by molar-refractivity contribution is 7.91. The summed E-state index contributed by atoms with van der Waals surface area (Å²) in [4.78, 5) is 32.9. The third kappa shape index (κ3) is 5.17. The number of ether oxygens (including phenoxy) is 1. The predicted molar refractivity (Wildman–Crippen MR) is 130 cm³/mol. The van der Waals surface area contributed by atoms with Gasteiger partial charge in [-0.2, -0.15) is 4.98 Å². The molecule has 36 heavy (non-hydrogen) atoms. The van der Waals surface area contributed by atoms with Crippen LogP contribution in [0.15, 0.2) is 27.6 Å². The number of carbonyl (C=O) groups excluding carboxylic acids is 2. The molecule has 0 bridgehead atoms. The fourth-order valence-corrected chi connectivity index (χ4v) is 6.61. The summed E-state index contributed by atoms with van der Waals surface area (Å²) in [5.41, 5.74) is 1.61. The Morgan fingerprint density at radius 1 is 1.11 bits per heavy atom. The number of benzene rings is 1. The Labute approximate surface area is 210 Å². The van der Waals surface area contributed by atoms with Gasteiger partial charge in [0, 0.05) is 57.8 Å². The van der Waals surface area contributed by atoms with Crippen molar-refractivity contribution < 1.29 is 27.3 Å². The van der Waals surface area contributed by atoms with Crippen LogP contribution in [0.2, 0.25) is 0 Å². The molecule has 194 valence electrons. The molecule has 10 nitrogen and oxygen atoms in total. The van der Waals surface area contributed by atoms with Crippen LogP contribution in [0, 0.1) is 0 Å². The molecule has 3 aliphatic heterocycles. The zero-order valence-corrected chi connectivity index (χ0v) is 21.3. The Morgan fingerprint density at radius 2 is 1.92 bits per heavy atom. The molecule has 11 heteroatoms. The van der Waals surface area contributed by atoms with Gasteiger partial charge in [-0.15, -0.1) is 0 Å². The number of aromatic nitrogens is 2. The van der Waals surface area contributed by atoms with Crippen LogP contribution in [-0.2, 0) is 30.6 Å². The second-order valence-electron chi connectivity index (χ2n) is 9.84. The molecule has 0 saturated carbocycles. The van der Waals surface area contributed by atoms with E-state index >= 15 is 0 Å². The van der Waals surface area contributed by atoms with Crippen molar-refractivity contribution >= 4 is 27.3 Å². The van der Waals surface area contributed by atoms with Crippen molar-refractivity contribution in [2.24, 2.45) is 0 Å². The first-order valence-corrected chi connectivity index (χ1v) is 14.3. The van der Waals surface area contributed by atoms with Crippen molar-refractivity contribution in [3.05, 3.63) is 35.5 Å². The molecule has 2 aromatic rings. The number of piperidine rings is 1. The van der Waals surface area contributed by atoms with Gasteiger partial charge in [0.1, 0.15) is 0 Å². The normalized spacial score (nSPS) is 21.0. The highest BCUT2D eigenvalue weighted by Gasteiger charge is 2.31. The molecule has 0 N–H and O–H groups in total. The van der Waals surface area contributed by atoms with Crippen LogP contribution in [-0.4, -0.2) is 73.9 Å². The van der Waals surface area contributed by atoms with Gasteiger partial charge in [-0.1, -0.05) is 5.16 Å². The maximum atomic E-state index is 13.0. The van der Waals surface area contributed by atoms with Crippen LogP contribution in [0.4, 0.5) is 5.69 Å². The van der Waals surface area contributed by atoms with Crippen LogP contribution >= 0.6 is 0 Å². The fourth-order valence-electron chi connectivity index (χ4n) is 5.34. The highest BCUT2D eigenvalue weighted by atomic mass is 32.2. The number of carbonyl (C=O) groups is 2. The van der Waals surface area contributed by atoms with E-state index in [0.717, 1.165) is 36.9 Å². The van der Waals surface area contributed by atoms with E-state index in [9.17, 15) is 18.0 Å². The monoisotopic (exact) mass is 516 g/mol. The van der Waals surface area contributed by atoms with Gasteiger partial charge in [0.2, 0.25) is 17.7 Å². The van der Waals surface area contributed by atoms with E-state index in [1.54, 1.807) is 21.9 Å². The SMILES string of the molecule is CC(=O)N1CCc2cc(S(=O)(=O)CCC(=O)N3CCCC(c4nc(C5CCOCC5)no4)C3)ccc21. The van der Waals surface area contributed by atoms with Gasteiger partial charge >= 0.3 is 0 Å². The lowest BCUT2D eigenvalue weighted by Crippen LogP contribution is -2.39. The van der Waals surface area contributed by atoms with Gasteiger partial charge in [0.05, 0.1) is 16.6 Å². The maximum absolute atomic E-state index is 13.0. The Kier molecular flexibility index (Phi) is 7.11. The first-order valence-electron chi connectivity index (χ1n) is 12.6. The van der Waals surface area contributed by atoms with Crippen LogP contribution < -0.4 is 4.90 Å². The van der Waals surface area contributed by atoms with Gasteiger partial charge in [-0.25, -0.2) is 8.42 Å². The van der Waals surface area contributed by atoms with Crippen LogP contribution in [0.3, 0.4) is 0 Å². The lowest BCUT2D eigenvalue weighted by Gasteiger charge is -2.31. The quantitative estimate of drug-likeness (QED) is 0.574. The Morgan fingerprint density at radius 3 is 2.69 bits per heavy atom. The summed E-state index contributed by atoms with van der Waals surface area (Å²) in [5, 5.41) is 4.18. The molecule has 1 aromatic carbocycles. The average molecular weight is 517 g/mol. The summed E-state index contributed by atoms with van der Waals surface area (Å²) < 4.78 is 36.9. The van der Waals surface area contributed by atoms with Gasteiger partial charge in [0.15, 0.2) is 15.7 Å². The Balaban J connectivity index is 1.19. The number of nitrogens with zero attached hydrogens (tertiary/aromatic N) is 4. The number of likely N-dealkylation sites (tertiary alicyclic amines) is 1. The van der Waals surface area contributed by atoms with E-state index in [2.05, 4.69) is 10.1 Å². The largest absolute Gasteiger partial charge is 0.381 e. The Bertz CT molecular complexity index is 1240. The molecule has 0 radical (unpaired) electrons.